The van der Waals surface area contributed by atoms with E-state index in [1.165, 1.54) is 6.26 Å². The van der Waals surface area contributed by atoms with E-state index < -0.39 is 6.10 Å². The molecule has 0 saturated heterocycles. The Morgan fingerprint density at radius 2 is 2.14 bits per heavy atom. The van der Waals surface area contributed by atoms with E-state index in [0.717, 1.165) is 16.5 Å². The van der Waals surface area contributed by atoms with Crippen LogP contribution >= 0.6 is 0 Å². The number of carbonyl (C=O) groups is 1. The lowest BCUT2D eigenvalue weighted by atomic mass is 10.1. The van der Waals surface area contributed by atoms with E-state index in [0.29, 0.717) is 5.76 Å². The number of aromatic nitrogens is 1. The Labute approximate surface area is 121 Å². The average Bonchev–Trinajstić information content (AvgIpc) is 3.15. The third-order valence-corrected chi connectivity index (χ3v) is 3.39. The Hall–Kier alpha value is -2.53. The van der Waals surface area contributed by atoms with Crippen molar-refractivity contribution in [3.05, 3.63) is 60.2 Å². The number of aliphatic hydroxyl groups is 1. The highest BCUT2D eigenvalue weighted by Crippen LogP contribution is 2.18. The summed E-state index contributed by atoms with van der Waals surface area (Å²) in [4.78, 5) is 15.1. The van der Waals surface area contributed by atoms with Gasteiger partial charge in [-0.3, -0.25) is 4.79 Å². The van der Waals surface area contributed by atoms with E-state index in [1.54, 1.807) is 12.1 Å². The Morgan fingerprint density at radius 1 is 1.29 bits per heavy atom. The maximum absolute atomic E-state index is 12.0. The van der Waals surface area contributed by atoms with Gasteiger partial charge in [0, 0.05) is 17.1 Å². The SMILES string of the molecule is O=C(Cc1c[nH]c2ccccc12)NCC(O)c1ccco1. The number of para-hydroxylation sites is 1. The Balaban J connectivity index is 1.59. The molecule has 0 bridgehead atoms. The third-order valence-electron chi connectivity index (χ3n) is 3.39. The average molecular weight is 284 g/mol. The summed E-state index contributed by atoms with van der Waals surface area (Å²) in [6.07, 6.45) is 2.78. The molecule has 21 heavy (non-hydrogen) atoms. The Bertz CT molecular complexity index is 731. The molecule has 0 aliphatic carbocycles. The van der Waals surface area contributed by atoms with Gasteiger partial charge in [0.2, 0.25) is 5.91 Å². The van der Waals surface area contributed by atoms with Crippen LogP contribution in [0, 0.1) is 0 Å². The summed E-state index contributed by atoms with van der Waals surface area (Å²) < 4.78 is 5.08. The molecule has 3 rings (SSSR count). The van der Waals surface area contributed by atoms with Gasteiger partial charge >= 0.3 is 0 Å². The quantitative estimate of drug-likeness (QED) is 0.671. The molecule has 0 spiro atoms. The second-order valence-electron chi connectivity index (χ2n) is 4.87. The van der Waals surface area contributed by atoms with Crippen molar-refractivity contribution >= 4 is 16.8 Å². The minimum Gasteiger partial charge on any atom is -0.467 e. The third kappa shape index (κ3) is 2.98. The molecule has 2 heterocycles. The zero-order valence-corrected chi connectivity index (χ0v) is 11.4. The van der Waals surface area contributed by atoms with Crippen LogP contribution in [-0.4, -0.2) is 22.5 Å². The van der Waals surface area contributed by atoms with Gasteiger partial charge in [0.25, 0.3) is 0 Å². The summed E-state index contributed by atoms with van der Waals surface area (Å²) in [7, 11) is 0. The number of furan rings is 1. The summed E-state index contributed by atoms with van der Waals surface area (Å²) in [6.45, 7) is 0.134. The van der Waals surface area contributed by atoms with Gasteiger partial charge in [0.15, 0.2) is 0 Å². The number of fused-ring (bicyclic) bond motifs is 1. The molecule has 5 heteroatoms. The van der Waals surface area contributed by atoms with Crippen LogP contribution in [-0.2, 0) is 11.2 Å². The molecule has 2 aromatic heterocycles. The molecule has 108 valence electrons. The van der Waals surface area contributed by atoms with Gasteiger partial charge in [-0.25, -0.2) is 0 Å². The van der Waals surface area contributed by atoms with Crippen molar-refractivity contribution in [3.63, 3.8) is 0 Å². The summed E-state index contributed by atoms with van der Waals surface area (Å²) in [5, 5.41) is 13.6. The van der Waals surface area contributed by atoms with Crippen LogP contribution in [0.1, 0.15) is 17.4 Å². The molecule has 0 fully saturated rings. The van der Waals surface area contributed by atoms with Crippen LogP contribution in [0.15, 0.2) is 53.3 Å². The van der Waals surface area contributed by atoms with Crippen LogP contribution < -0.4 is 5.32 Å². The molecule has 1 atom stereocenters. The first-order valence-corrected chi connectivity index (χ1v) is 6.77. The van der Waals surface area contributed by atoms with Gasteiger partial charge in [-0.15, -0.1) is 0 Å². The summed E-state index contributed by atoms with van der Waals surface area (Å²) in [5.74, 6) is 0.313. The van der Waals surface area contributed by atoms with Crippen molar-refractivity contribution < 1.29 is 14.3 Å². The molecular weight excluding hydrogens is 268 g/mol. The Kier molecular flexibility index (Phi) is 3.75. The number of aromatic amines is 1. The number of H-pyrrole nitrogens is 1. The van der Waals surface area contributed by atoms with Crippen molar-refractivity contribution in [3.8, 4) is 0 Å². The first-order valence-electron chi connectivity index (χ1n) is 6.77. The molecule has 0 aliphatic heterocycles. The lowest BCUT2D eigenvalue weighted by Crippen LogP contribution is -2.29. The van der Waals surface area contributed by atoms with Crippen molar-refractivity contribution in [1.82, 2.24) is 10.3 Å². The van der Waals surface area contributed by atoms with Crippen LogP contribution in [0.25, 0.3) is 10.9 Å². The zero-order valence-electron chi connectivity index (χ0n) is 11.4. The van der Waals surface area contributed by atoms with E-state index in [2.05, 4.69) is 10.3 Å². The predicted molar refractivity (Wildman–Crippen MR) is 78.7 cm³/mol. The number of nitrogens with one attached hydrogen (secondary N) is 2. The molecule has 0 saturated carbocycles. The minimum absolute atomic E-state index is 0.134. The number of amides is 1. The van der Waals surface area contributed by atoms with E-state index in [9.17, 15) is 9.90 Å². The van der Waals surface area contributed by atoms with Gasteiger partial charge in [0.05, 0.1) is 19.2 Å². The highest BCUT2D eigenvalue weighted by atomic mass is 16.4. The van der Waals surface area contributed by atoms with E-state index in [4.69, 9.17) is 4.42 Å². The smallest absolute Gasteiger partial charge is 0.224 e. The number of carbonyl (C=O) groups excluding carboxylic acids is 1. The number of rotatable bonds is 5. The van der Waals surface area contributed by atoms with Crippen LogP contribution in [0.2, 0.25) is 0 Å². The number of hydrogen-bond acceptors (Lipinski definition) is 3. The molecule has 1 unspecified atom stereocenters. The predicted octanol–water partition coefficient (Wildman–Crippen LogP) is 2.15. The van der Waals surface area contributed by atoms with Crippen LogP contribution in [0.3, 0.4) is 0 Å². The van der Waals surface area contributed by atoms with Crippen LogP contribution in [0.5, 0.6) is 0 Å². The highest BCUT2D eigenvalue weighted by Gasteiger charge is 2.13. The highest BCUT2D eigenvalue weighted by molar-refractivity contribution is 5.88. The number of aliphatic hydroxyl groups excluding tert-OH is 1. The van der Waals surface area contributed by atoms with E-state index in [-0.39, 0.29) is 18.9 Å². The molecule has 3 N–H and O–H groups in total. The second kappa shape index (κ2) is 5.85. The summed E-state index contributed by atoms with van der Waals surface area (Å²) in [5.41, 5.74) is 1.95. The minimum atomic E-state index is -0.827. The molecule has 1 aromatic carbocycles. The lowest BCUT2D eigenvalue weighted by molar-refractivity contribution is -0.120. The number of benzene rings is 1. The van der Waals surface area contributed by atoms with Crippen molar-refractivity contribution in [2.24, 2.45) is 0 Å². The first kappa shape index (κ1) is 13.5. The van der Waals surface area contributed by atoms with Gasteiger partial charge in [-0.05, 0) is 23.8 Å². The first-order chi connectivity index (χ1) is 10.2. The van der Waals surface area contributed by atoms with Crippen molar-refractivity contribution in [2.45, 2.75) is 12.5 Å². The largest absolute Gasteiger partial charge is 0.467 e. The van der Waals surface area contributed by atoms with Gasteiger partial charge in [-0.1, -0.05) is 18.2 Å². The normalized spacial score (nSPS) is 12.4. The second-order valence-corrected chi connectivity index (χ2v) is 4.87. The number of hydrogen-bond donors (Lipinski definition) is 3. The summed E-state index contributed by atoms with van der Waals surface area (Å²) >= 11 is 0. The van der Waals surface area contributed by atoms with Gasteiger partial charge in [0.1, 0.15) is 11.9 Å². The standard InChI is InChI=1S/C16H16N2O3/c19-14(15-6-3-7-21-15)10-18-16(20)8-11-9-17-13-5-2-1-4-12(11)13/h1-7,9,14,17,19H,8,10H2,(H,18,20). The van der Waals surface area contributed by atoms with E-state index >= 15 is 0 Å². The van der Waals surface area contributed by atoms with Gasteiger partial charge < -0.3 is 19.8 Å². The van der Waals surface area contributed by atoms with E-state index in [1.807, 2.05) is 30.5 Å². The fourth-order valence-electron chi connectivity index (χ4n) is 2.31. The molecule has 5 nitrogen and oxygen atoms in total. The summed E-state index contributed by atoms with van der Waals surface area (Å²) in [6, 6.07) is 11.2. The monoisotopic (exact) mass is 284 g/mol. The molecular formula is C16H16N2O3. The molecule has 1 amide bonds. The zero-order chi connectivity index (χ0) is 14.7. The van der Waals surface area contributed by atoms with Gasteiger partial charge in [-0.2, -0.15) is 0 Å². The maximum atomic E-state index is 12.0. The van der Waals surface area contributed by atoms with Crippen molar-refractivity contribution in [2.75, 3.05) is 6.54 Å². The Morgan fingerprint density at radius 3 is 2.95 bits per heavy atom. The fraction of sp³-hybridized carbons (Fsp3) is 0.188. The lowest BCUT2D eigenvalue weighted by Gasteiger charge is -2.09. The van der Waals surface area contributed by atoms with Crippen molar-refractivity contribution in [1.29, 1.82) is 0 Å². The maximum Gasteiger partial charge on any atom is 0.224 e. The molecule has 0 aliphatic rings. The topological polar surface area (TPSA) is 78.3 Å². The fourth-order valence-corrected chi connectivity index (χ4v) is 2.31. The molecule has 3 aromatic rings. The molecule has 0 radical (unpaired) electrons. The van der Waals surface area contributed by atoms with Crippen LogP contribution in [0.4, 0.5) is 0 Å².